The molecule has 20 heavy (non-hydrogen) atoms. The van der Waals surface area contributed by atoms with Crippen molar-refractivity contribution in [3.8, 4) is 0 Å². The summed E-state index contributed by atoms with van der Waals surface area (Å²) in [5.74, 6) is 0.685. The number of nitrogens with zero attached hydrogens (tertiary/aromatic N) is 1. The number of pyridine rings is 1. The van der Waals surface area contributed by atoms with Crippen molar-refractivity contribution in [2.75, 3.05) is 11.9 Å². The highest BCUT2D eigenvalue weighted by Gasteiger charge is 2.33. The minimum atomic E-state index is 0.00119. The van der Waals surface area contributed by atoms with Crippen molar-refractivity contribution in [2.24, 2.45) is 11.1 Å². The molecule has 0 aliphatic heterocycles. The molecule has 1 aromatic heterocycles. The van der Waals surface area contributed by atoms with Crippen LogP contribution in [0.3, 0.4) is 0 Å². The summed E-state index contributed by atoms with van der Waals surface area (Å²) in [7, 11) is 0. The van der Waals surface area contributed by atoms with Crippen LogP contribution in [0.15, 0.2) is 12.1 Å². The van der Waals surface area contributed by atoms with Crippen LogP contribution in [-0.2, 0) is 4.79 Å². The van der Waals surface area contributed by atoms with E-state index in [0.717, 1.165) is 24.1 Å². The Morgan fingerprint density at radius 3 is 2.60 bits per heavy atom. The maximum Gasteiger partial charge on any atom is 0.226 e. The number of hydrogen-bond acceptors (Lipinski definition) is 3. The Balaban J connectivity index is 2.00. The van der Waals surface area contributed by atoms with Crippen LogP contribution < -0.4 is 11.1 Å². The Kier molecular flexibility index (Phi) is 4.76. The normalized spacial score (nSPS) is 17.8. The van der Waals surface area contributed by atoms with Gasteiger partial charge in [-0.3, -0.25) is 4.79 Å². The molecule has 4 heteroatoms. The highest BCUT2D eigenvalue weighted by Crippen LogP contribution is 2.38. The summed E-state index contributed by atoms with van der Waals surface area (Å²) in [6.45, 7) is 4.54. The van der Waals surface area contributed by atoms with Crippen molar-refractivity contribution >= 4 is 11.7 Å². The van der Waals surface area contributed by atoms with Gasteiger partial charge in [-0.1, -0.05) is 19.3 Å². The number of nitrogens with one attached hydrogen (secondary N) is 1. The summed E-state index contributed by atoms with van der Waals surface area (Å²) in [6, 6.07) is 3.90. The van der Waals surface area contributed by atoms with Crippen molar-refractivity contribution in [3.05, 3.63) is 23.4 Å². The Morgan fingerprint density at radius 2 is 2.00 bits per heavy atom. The minimum absolute atomic E-state index is 0.00119. The van der Waals surface area contributed by atoms with E-state index in [9.17, 15) is 4.79 Å². The number of carbonyl (C=O) groups is 1. The lowest BCUT2D eigenvalue weighted by Gasteiger charge is -2.35. The molecule has 1 aliphatic carbocycles. The first kappa shape index (κ1) is 15.0. The standard InChI is InChI=1S/C16H25N3O/c1-12-8-13(2)18-14(9-12)19-15(20)10-16(11-17)6-4-3-5-7-16/h8-9H,3-7,10-11,17H2,1-2H3,(H,18,19,20). The van der Waals surface area contributed by atoms with Crippen LogP contribution in [0.5, 0.6) is 0 Å². The molecule has 1 heterocycles. The lowest BCUT2D eigenvalue weighted by Crippen LogP contribution is -2.36. The van der Waals surface area contributed by atoms with Crippen molar-refractivity contribution in [1.82, 2.24) is 4.98 Å². The molecule has 1 amide bonds. The molecular formula is C16H25N3O. The van der Waals surface area contributed by atoms with Crippen molar-refractivity contribution in [3.63, 3.8) is 0 Å². The zero-order valence-corrected chi connectivity index (χ0v) is 12.5. The van der Waals surface area contributed by atoms with E-state index in [-0.39, 0.29) is 11.3 Å². The maximum absolute atomic E-state index is 12.3. The molecule has 4 nitrogen and oxygen atoms in total. The number of anilines is 1. The van der Waals surface area contributed by atoms with Gasteiger partial charge in [-0.2, -0.15) is 0 Å². The number of aromatic nitrogens is 1. The Bertz CT molecular complexity index is 458. The van der Waals surface area contributed by atoms with Gasteiger partial charge in [-0.25, -0.2) is 4.98 Å². The lowest BCUT2D eigenvalue weighted by atomic mass is 9.71. The average Bonchev–Trinajstić information content (AvgIpc) is 2.38. The molecule has 1 aliphatic rings. The van der Waals surface area contributed by atoms with Gasteiger partial charge in [-0.15, -0.1) is 0 Å². The number of amides is 1. The maximum atomic E-state index is 12.3. The fourth-order valence-corrected chi connectivity index (χ4v) is 3.19. The average molecular weight is 275 g/mol. The minimum Gasteiger partial charge on any atom is -0.330 e. The summed E-state index contributed by atoms with van der Waals surface area (Å²) in [4.78, 5) is 16.6. The van der Waals surface area contributed by atoms with Gasteiger partial charge in [-0.05, 0) is 56.3 Å². The monoisotopic (exact) mass is 275 g/mol. The van der Waals surface area contributed by atoms with Gasteiger partial charge in [0.05, 0.1) is 0 Å². The highest BCUT2D eigenvalue weighted by molar-refractivity contribution is 5.90. The van der Waals surface area contributed by atoms with Gasteiger partial charge in [0.25, 0.3) is 0 Å². The van der Waals surface area contributed by atoms with E-state index in [1.807, 2.05) is 26.0 Å². The van der Waals surface area contributed by atoms with Crippen LogP contribution in [0.25, 0.3) is 0 Å². The van der Waals surface area contributed by atoms with E-state index in [2.05, 4.69) is 10.3 Å². The number of aryl methyl sites for hydroxylation is 2. The van der Waals surface area contributed by atoms with Crippen LogP contribution in [0, 0.1) is 19.3 Å². The first-order valence-electron chi connectivity index (χ1n) is 7.48. The summed E-state index contributed by atoms with van der Waals surface area (Å²) >= 11 is 0. The van der Waals surface area contributed by atoms with Gasteiger partial charge in [0.15, 0.2) is 0 Å². The smallest absolute Gasteiger partial charge is 0.226 e. The second-order valence-corrected chi connectivity index (χ2v) is 6.16. The van der Waals surface area contributed by atoms with E-state index in [4.69, 9.17) is 5.73 Å². The molecule has 0 saturated heterocycles. The molecule has 0 bridgehead atoms. The van der Waals surface area contributed by atoms with Crippen molar-refractivity contribution in [1.29, 1.82) is 0 Å². The van der Waals surface area contributed by atoms with Crippen LogP contribution >= 0.6 is 0 Å². The third kappa shape index (κ3) is 3.79. The van der Waals surface area contributed by atoms with E-state index < -0.39 is 0 Å². The number of carbonyl (C=O) groups excluding carboxylic acids is 1. The predicted molar refractivity (Wildman–Crippen MR) is 81.5 cm³/mol. The summed E-state index contributed by atoms with van der Waals surface area (Å²) in [5, 5.41) is 2.92. The zero-order chi connectivity index (χ0) is 14.6. The van der Waals surface area contributed by atoms with Crippen molar-refractivity contribution < 1.29 is 4.79 Å². The van der Waals surface area contributed by atoms with Crippen LogP contribution in [0.2, 0.25) is 0 Å². The molecular weight excluding hydrogens is 250 g/mol. The van der Waals surface area contributed by atoms with E-state index in [0.29, 0.717) is 18.8 Å². The highest BCUT2D eigenvalue weighted by atomic mass is 16.1. The Labute approximate surface area is 121 Å². The molecule has 1 saturated carbocycles. The molecule has 1 aromatic rings. The van der Waals surface area contributed by atoms with E-state index in [1.165, 1.54) is 19.3 Å². The molecule has 0 unspecified atom stereocenters. The molecule has 3 N–H and O–H groups in total. The van der Waals surface area contributed by atoms with Crippen molar-refractivity contribution in [2.45, 2.75) is 52.4 Å². The largest absolute Gasteiger partial charge is 0.330 e. The molecule has 110 valence electrons. The van der Waals surface area contributed by atoms with Gasteiger partial charge >= 0.3 is 0 Å². The summed E-state index contributed by atoms with van der Waals surface area (Å²) in [6.07, 6.45) is 6.28. The fraction of sp³-hybridized carbons (Fsp3) is 0.625. The number of hydrogen-bond donors (Lipinski definition) is 2. The van der Waals surface area contributed by atoms with Crippen LogP contribution in [0.4, 0.5) is 5.82 Å². The summed E-state index contributed by atoms with van der Waals surface area (Å²) in [5.41, 5.74) is 7.97. The molecule has 0 spiro atoms. The quantitative estimate of drug-likeness (QED) is 0.887. The van der Waals surface area contributed by atoms with Crippen LogP contribution in [-0.4, -0.2) is 17.4 Å². The number of rotatable bonds is 4. The third-order valence-corrected chi connectivity index (χ3v) is 4.25. The predicted octanol–water partition coefficient (Wildman–Crippen LogP) is 2.94. The molecule has 0 radical (unpaired) electrons. The fourth-order valence-electron chi connectivity index (χ4n) is 3.19. The first-order valence-corrected chi connectivity index (χ1v) is 7.48. The third-order valence-electron chi connectivity index (χ3n) is 4.25. The Hall–Kier alpha value is -1.42. The molecule has 2 rings (SSSR count). The summed E-state index contributed by atoms with van der Waals surface area (Å²) < 4.78 is 0. The second-order valence-electron chi connectivity index (χ2n) is 6.16. The second kappa shape index (κ2) is 6.35. The topological polar surface area (TPSA) is 68.0 Å². The molecule has 0 aromatic carbocycles. The number of nitrogens with two attached hydrogens (primary N) is 1. The van der Waals surface area contributed by atoms with Gasteiger partial charge < -0.3 is 11.1 Å². The van der Waals surface area contributed by atoms with E-state index >= 15 is 0 Å². The SMILES string of the molecule is Cc1cc(C)nc(NC(=O)CC2(CN)CCCCC2)c1. The Morgan fingerprint density at radius 1 is 1.30 bits per heavy atom. The van der Waals surface area contributed by atoms with Gasteiger partial charge in [0.1, 0.15) is 5.82 Å². The first-order chi connectivity index (χ1) is 9.53. The van der Waals surface area contributed by atoms with Gasteiger partial charge in [0.2, 0.25) is 5.91 Å². The van der Waals surface area contributed by atoms with Gasteiger partial charge in [0, 0.05) is 12.1 Å². The van der Waals surface area contributed by atoms with E-state index in [1.54, 1.807) is 0 Å². The van der Waals surface area contributed by atoms with Crippen LogP contribution in [0.1, 0.15) is 49.8 Å². The molecule has 1 fully saturated rings. The lowest BCUT2D eigenvalue weighted by molar-refractivity contribution is -0.118. The molecule has 0 atom stereocenters. The zero-order valence-electron chi connectivity index (χ0n) is 12.5.